The Labute approximate surface area is 171 Å². The number of halogens is 1. The average Bonchev–Trinajstić information content (AvgIpc) is 3.29. The van der Waals surface area contributed by atoms with E-state index < -0.39 is 16.1 Å². The molecule has 3 rings (SSSR count). The first-order valence-electron chi connectivity index (χ1n) is 8.42. The van der Waals surface area contributed by atoms with Gasteiger partial charge in [0.05, 0.1) is 18.6 Å². The second-order valence-electron chi connectivity index (χ2n) is 6.22. The van der Waals surface area contributed by atoms with Crippen LogP contribution >= 0.6 is 11.3 Å². The van der Waals surface area contributed by atoms with Crippen LogP contribution in [0, 0.1) is 5.82 Å². The van der Waals surface area contributed by atoms with Gasteiger partial charge in [-0.15, -0.1) is 11.3 Å². The number of sulfonamides is 1. The van der Waals surface area contributed by atoms with Crippen molar-refractivity contribution in [3.05, 3.63) is 59.2 Å². The van der Waals surface area contributed by atoms with Crippen LogP contribution in [0.15, 0.2) is 47.2 Å². The van der Waals surface area contributed by atoms with Gasteiger partial charge in [-0.2, -0.15) is 4.31 Å². The summed E-state index contributed by atoms with van der Waals surface area (Å²) in [6.45, 7) is 0.189. The van der Waals surface area contributed by atoms with Crippen molar-refractivity contribution in [3.63, 3.8) is 0 Å². The Morgan fingerprint density at radius 1 is 1.38 bits per heavy atom. The Morgan fingerprint density at radius 3 is 2.86 bits per heavy atom. The van der Waals surface area contributed by atoms with Crippen LogP contribution in [0.4, 0.5) is 14.3 Å². The summed E-state index contributed by atoms with van der Waals surface area (Å²) in [5, 5.41) is 7.11. The van der Waals surface area contributed by atoms with E-state index in [0.29, 0.717) is 16.4 Å². The molecule has 0 saturated carbocycles. The number of hydrogen-bond acceptors (Lipinski definition) is 6. The number of imidazole rings is 1. The van der Waals surface area contributed by atoms with Crippen LogP contribution in [-0.4, -0.2) is 40.3 Å². The highest BCUT2D eigenvalue weighted by Gasteiger charge is 2.24. The van der Waals surface area contributed by atoms with Gasteiger partial charge < -0.3 is 9.88 Å². The SMILES string of the molecule is CN(Cc1csc(NC(=O)NCc2cccc(F)c2)n1)S(=O)(=O)c1cn(C)cn1. The molecule has 0 bridgehead atoms. The summed E-state index contributed by atoms with van der Waals surface area (Å²) in [5.74, 6) is -0.376. The summed E-state index contributed by atoms with van der Waals surface area (Å²) >= 11 is 1.17. The molecule has 0 fully saturated rings. The van der Waals surface area contributed by atoms with Crippen molar-refractivity contribution in [1.82, 2.24) is 24.2 Å². The third-order valence-electron chi connectivity index (χ3n) is 3.85. The number of rotatable bonds is 7. The number of carbonyl (C=O) groups is 1. The minimum atomic E-state index is -3.74. The molecule has 0 spiro atoms. The van der Waals surface area contributed by atoms with E-state index in [0.717, 1.165) is 4.31 Å². The van der Waals surface area contributed by atoms with Crippen molar-refractivity contribution in [2.24, 2.45) is 7.05 Å². The maximum absolute atomic E-state index is 13.2. The molecule has 9 nitrogen and oxygen atoms in total. The van der Waals surface area contributed by atoms with Crippen molar-refractivity contribution in [3.8, 4) is 0 Å². The number of urea groups is 1. The van der Waals surface area contributed by atoms with Gasteiger partial charge in [-0.05, 0) is 17.7 Å². The lowest BCUT2D eigenvalue weighted by atomic mass is 10.2. The molecule has 12 heteroatoms. The minimum Gasteiger partial charge on any atom is -0.339 e. The maximum Gasteiger partial charge on any atom is 0.321 e. The second-order valence-corrected chi connectivity index (χ2v) is 9.07. The predicted octanol–water partition coefficient (Wildman–Crippen LogP) is 2.16. The van der Waals surface area contributed by atoms with Crippen molar-refractivity contribution < 1.29 is 17.6 Å². The molecular formula is C17H19FN6O3S2. The number of hydrogen-bond donors (Lipinski definition) is 2. The fourth-order valence-corrected chi connectivity index (χ4v) is 4.20. The zero-order valence-electron chi connectivity index (χ0n) is 15.7. The van der Waals surface area contributed by atoms with Crippen molar-refractivity contribution in [2.45, 2.75) is 18.1 Å². The van der Waals surface area contributed by atoms with Crippen LogP contribution in [0.1, 0.15) is 11.3 Å². The fourth-order valence-electron chi connectivity index (χ4n) is 2.40. The lowest BCUT2D eigenvalue weighted by Crippen LogP contribution is -2.28. The van der Waals surface area contributed by atoms with E-state index in [1.54, 1.807) is 29.1 Å². The van der Waals surface area contributed by atoms with Gasteiger partial charge in [-0.25, -0.2) is 27.6 Å². The van der Waals surface area contributed by atoms with E-state index in [9.17, 15) is 17.6 Å². The third kappa shape index (κ3) is 5.37. The molecule has 0 aliphatic rings. The van der Waals surface area contributed by atoms with Gasteiger partial charge >= 0.3 is 6.03 Å². The summed E-state index contributed by atoms with van der Waals surface area (Å²) in [6.07, 6.45) is 2.83. The summed E-state index contributed by atoms with van der Waals surface area (Å²) in [5.41, 5.74) is 1.11. The average molecular weight is 439 g/mol. The van der Waals surface area contributed by atoms with Gasteiger partial charge in [-0.1, -0.05) is 12.1 Å². The molecule has 2 heterocycles. The summed E-state index contributed by atoms with van der Waals surface area (Å²) in [6, 6.07) is 5.42. The number of carbonyl (C=O) groups excluding carboxylic acids is 1. The molecule has 0 saturated heterocycles. The molecule has 2 amide bonds. The lowest BCUT2D eigenvalue weighted by Gasteiger charge is -2.13. The molecule has 0 unspecified atom stereocenters. The number of benzene rings is 1. The smallest absolute Gasteiger partial charge is 0.321 e. The molecule has 0 aliphatic carbocycles. The lowest BCUT2D eigenvalue weighted by molar-refractivity contribution is 0.251. The van der Waals surface area contributed by atoms with Gasteiger partial charge in [0.15, 0.2) is 10.2 Å². The van der Waals surface area contributed by atoms with E-state index in [2.05, 4.69) is 20.6 Å². The highest BCUT2D eigenvalue weighted by Crippen LogP contribution is 2.19. The van der Waals surface area contributed by atoms with Gasteiger partial charge in [0.25, 0.3) is 10.0 Å². The Bertz CT molecular complexity index is 1110. The number of aryl methyl sites for hydroxylation is 1. The standard InChI is InChI=1S/C17H19FN6O3S2/c1-23-9-15(20-11-23)29(26,27)24(2)8-14-10-28-17(21-14)22-16(25)19-7-12-4-3-5-13(18)6-12/h3-6,9-11H,7-8H2,1-2H3,(H2,19,21,22,25). The zero-order chi connectivity index (χ0) is 21.0. The van der Waals surface area contributed by atoms with E-state index in [4.69, 9.17) is 0 Å². The van der Waals surface area contributed by atoms with Crippen molar-refractivity contribution in [1.29, 1.82) is 0 Å². The molecule has 0 atom stereocenters. The maximum atomic E-state index is 13.2. The summed E-state index contributed by atoms with van der Waals surface area (Å²) < 4.78 is 40.8. The molecular weight excluding hydrogens is 419 g/mol. The molecule has 0 aliphatic heterocycles. The van der Waals surface area contributed by atoms with Crippen LogP contribution in [-0.2, 0) is 30.2 Å². The van der Waals surface area contributed by atoms with Crippen LogP contribution in [0.2, 0.25) is 0 Å². The Morgan fingerprint density at radius 2 is 2.17 bits per heavy atom. The van der Waals surface area contributed by atoms with E-state index in [1.807, 2.05) is 0 Å². The molecule has 2 aromatic heterocycles. The van der Waals surface area contributed by atoms with Gasteiger partial charge in [0, 0.05) is 32.2 Å². The fraction of sp³-hybridized carbons (Fsp3) is 0.235. The Hall–Kier alpha value is -2.83. The summed E-state index contributed by atoms with van der Waals surface area (Å²) in [7, 11) is -0.620. The normalized spacial score (nSPS) is 11.6. The van der Waals surface area contributed by atoms with Crippen molar-refractivity contribution >= 4 is 32.5 Å². The van der Waals surface area contributed by atoms with Crippen LogP contribution in [0.3, 0.4) is 0 Å². The minimum absolute atomic E-state index is 0.0298. The van der Waals surface area contributed by atoms with Crippen LogP contribution in [0.25, 0.3) is 0 Å². The van der Waals surface area contributed by atoms with E-state index in [-0.39, 0.29) is 23.9 Å². The second kappa shape index (κ2) is 8.68. The molecule has 1 aromatic carbocycles. The number of aromatic nitrogens is 3. The Balaban J connectivity index is 1.55. The number of anilines is 1. The summed E-state index contributed by atoms with van der Waals surface area (Å²) in [4.78, 5) is 20.1. The predicted molar refractivity (Wildman–Crippen MR) is 106 cm³/mol. The van der Waals surface area contributed by atoms with Crippen molar-refractivity contribution in [2.75, 3.05) is 12.4 Å². The van der Waals surface area contributed by atoms with Crippen LogP contribution < -0.4 is 10.6 Å². The van der Waals surface area contributed by atoms with Gasteiger partial charge in [-0.3, -0.25) is 5.32 Å². The Kier molecular flexibility index (Phi) is 6.25. The van der Waals surface area contributed by atoms with Gasteiger partial charge in [0.2, 0.25) is 0 Å². The molecule has 0 radical (unpaired) electrons. The first-order valence-corrected chi connectivity index (χ1v) is 10.7. The van der Waals surface area contributed by atoms with E-state index >= 15 is 0 Å². The molecule has 2 N–H and O–H groups in total. The highest BCUT2D eigenvalue weighted by atomic mass is 32.2. The zero-order valence-corrected chi connectivity index (χ0v) is 17.3. The molecule has 154 valence electrons. The first-order chi connectivity index (χ1) is 13.7. The van der Waals surface area contributed by atoms with E-state index in [1.165, 1.54) is 43.0 Å². The quantitative estimate of drug-likeness (QED) is 0.588. The highest BCUT2D eigenvalue weighted by molar-refractivity contribution is 7.89. The number of thiazole rings is 1. The van der Waals surface area contributed by atoms with Crippen LogP contribution in [0.5, 0.6) is 0 Å². The molecule has 29 heavy (non-hydrogen) atoms. The topological polar surface area (TPSA) is 109 Å². The van der Waals surface area contributed by atoms with Gasteiger partial charge in [0.1, 0.15) is 5.82 Å². The monoisotopic (exact) mass is 438 g/mol. The largest absolute Gasteiger partial charge is 0.339 e. The number of amides is 2. The molecule has 3 aromatic rings. The number of nitrogens with one attached hydrogen (secondary N) is 2. The number of nitrogens with zero attached hydrogens (tertiary/aromatic N) is 4. The third-order valence-corrected chi connectivity index (χ3v) is 6.35. The first kappa shape index (κ1) is 20.9.